The Labute approximate surface area is 109 Å². The number of halogens is 1. The van der Waals surface area contributed by atoms with Gasteiger partial charge in [0.15, 0.2) is 0 Å². The molecule has 2 heterocycles. The third kappa shape index (κ3) is 2.47. The van der Waals surface area contributed by atoms with Gasteiger partial charge in [-0.25, -0.2) is 9.07 Å². The lowest BCUT2D eigenvalue weighted by Crippen LogP contribution is -2.51. The van der Waals surface area contributed by atoms with E-state index in [4.69, 9.17) is 0 Å². The molecule has 1 aromatic carbocycles. The number of benzene rings is 1. The summed E-state index contributed by atoms with van der Waals surface area (Å²) in [6.07, 6.45) is 3.74. The Kier molecular flexibility index (Phi) is 2.98. The van der Waals surface area contributed by atoms with Crippen molar-refractivity contribution in [1.82, 2.24) is 19.9 Å². The smallest absolute Gasteiger partial charge is 0.227 e. The van der Waals surface area contributed by atoms with Crippen LogP contribution in [0.2, 0.25) is 0 Å². The van der Waals surface area contributed by atoms with Crippen LogP contribution in [0, 0.1) is 5.82 Å². The van der Waals surface area contributed by atoms with E-state index < -0.39 is 0 Å². The van der Waals surface area contributed by atoms with E-state index in [1.54, 1.807) is 34.1 Å². The van der Waals surface area contributed by atoms with E-state index in [0.29, 0.717) is 19.5 Å². The average Bonchev–Trinajstić information content (AvgIpc) is 2.84. The zero-order valence-corrected chi connectivity index (χ0v) is 10.2. The summed E-state index contributed by atoms with van der Waals surface area (Å²) in [4.78, 5) is 13.8. The molecule has 0 N–H and O–H groups in total. The highest BCUT2D eigenvalue weighted by molar-refractivity contribution is 5.79. The molecule has 0 atom stereocenters. The van der Waals surface area contributed by atoms with Crippen LogP contribution in [0.4, 0.5) is 4.39 Å². The van der Waals surface area contributed by atoms with Gasteiger partial charge in [-0.2, -0.15) is 0 Å². The van der Waals surface area contributed by atoms with Crippen LogP contribution in [-0.4, -0.2) is 38.9 Å². The van der Waals surface area contributed by atoms with E-state index in [1.807, 2.05) is 0 Å². The molecule has 1 aliphatic rings. The molecule has 19 heavy (non-hydrogen) atoms. The summed E-state index contributed by atoms with van der Waals surface area (Å²) in [5, 5.41) is 7.66. The number of nitrogens with zero attached hydrogens (tertiary/aromatic N) is 4. The number of rotatable bonds is 3. The van der Waals surface area contributed by atoms with Crippen molar-refractivity contribution >= 4 is 5.91 Å². The summed E-state index contributed by atoms with van der Waals surface area (Å²) >= 11 is 0. The van der Waals surface area contributed by atoms with Gasteiger partial charge in [0.1, 0.15) is 5.82 Å². The summed E-state index contributed by atoms with van der Waals surface area (Å²) in [6.45, 7) is 1.31. The van der Waals surface area contributed by atoms with Gasteiger partial charge in [0, 0.05) is 19.3 Å². The standard InChI is InChI=1S/C13H13FN4O/c14-11-3-1-10(2-4-11)7-13(19)17-8-12(9-17)18-6-5-15-16-18/h1-6,12H,7-9H2. The summed E-state index contributed by atoms with van der Waals surface area (Å²) in [5.74, 6) is -0.227. The number of amides is 1. The fourth-order valence-corrected chi connectivity index (χ4v) is 2.13. The Bertz CT molecular complexity index is 561. The van der Waals surface area contributed by atoms with Crippen molar-refractivity contribution in [3.8, 4) is 0 Å². The van der Waals surface area contributed by atoms with E-state index in [1.165, 1.54) is 12.1 Å². The van der Waals surface area contributed by atoms with Crippen LogP contribution in [0.15, 0.2) is 36.7 Å². The Morgan fingerprint density at radius 3 is 2.68 bits per heavy atom. The summed E-state index contributed by atoms with van der Waals surface area (Å²) in [6, 6.07) is 6.25. The van der Waals surface area contributed by atoms with Crippen molar-refractivity contribution in [1.29, 1.82) is 0 Å². The van der Waals surface area contributed by atoms with Gasteiger partial charge in [-0.3, -0.25) is 4.79 Å². The van der Waals surface area contributed by atoms with E-state index >= 15 is 0 Å². The Balaban J connectivity index is 1.54. The van der Waals surface area contributed by atoms with Crippen molar-refractivity contribution in [2.45, 2.75) is 12.5 Å². The first-order valence-electron chi connectivity index (χ1n) is 6.10. The van der Waals surface area contributed by atoms with Crippen LogP contribution in [0.5, 0.6) is 0 Å². The molecular weight excluding hydrogens is 247 g/mol. The Morgan fingerprint density at radius 2 is 2.05 bits per heavy atom. The molecule has 0 unspecified atom stereocenters. The van der Waals surface area contributed by atoms with Crippen LogP contribution in [0.25, 0.3) is 0 Å². The molecule has 3 rings (SSSR count). The third-order valence-electron chi connectivity index (χ3n) is 3.30. The fraction of sp³-hybridized carbons (Fsp3) is 0.308. The van der Waals surface area contributed by atoms with E-state index in [9.17, 15) is 9.18 Å². The van der Waals surface area contributed by atoms with Crippen molar-refractivity contribution in [3.05, 3.63) is 48.0 Å². The van der Waals surface area contributed by atoms with Crippen LogP contribution in [0.1, 0.15) is 11.6 Å². The Hall–Kier alpha value is -2.24. The highest BCUT2D eigenvalue weighted by Gasteiger charge is 2.32. The molecule has 1 fully saturated rings. The molecule has 1 aromatic heterocycles. The van der Waals surface area contributed by atoms with Crippen LogP contribution >= 0.6 is 0 Å². The first-order chi connectivity index (χ1) is 9.22. The quantitative estimate of drug-likeness (QED) is 0.828. The minimum Gasteiger partial charge on any atom is -0.338 e. The topological polar surface area (TPSA) is 51.0 Å². The maximum Gasteiger partial charge on any atom is 0.227 e. The van der Waals surface area contributed by atoms with Crippen molar-refractivity contribution in [3.63, 3.8) is 0 Å². The molecule has 98 valence electrons. The zero-order chi connectivity index (χ0) is 13.2. The van der Waals surface area contributed by atoms with Crippen LogP contribution < -0.4 is 0 Å². The molecular formula is C13H13FN4O. The normalized spacial score (nSPS) is 15.3. The maximum atomic E-state index is 12.8. The lowest BCUT2D eigenvalue weighted by molar-refractivity contribution is -0.136. The summed E-state index contributed by atoms with van der Waals surface area (Å²) < 4.78 is 14.5. The van der Waals surface area contributed by atoms with Gasteiger partial charge >= 0.3 is 0 Å². The van der Waals surface area contributed by atoms with Crippen LogP contribution in [-0.2, 0) is 11.2 Å². The highest BCUT2D eigenvalue weighted by Crippen LogP contribution is 2.20. The highest BCUT2D eigenvalue weighted by atomic mass is 19.1. The molecule has 1 amide bonds. The van der Waals surface area contributed by atoms with Gasteiger partial charge in [-0.1, -0.05) is 17.3 Å². The summed E-state index contributed by atoms with van der Waals surface area (Å²) in [7, 11) is 0. The predicted octanol–water partition coefficient (Wildman–Crippen LogP) is 1.04. The second kappa shape index (κ2) is 4.79. The molecule has 0 spiro atoms. The van der Waals surface area contributed by atoms with E-state index in [2.05, 4.69) is 10.3 Å². The number of aromatic nitrogens is 3. The van der Waals surface area contributed by atoms with Gasteiger partial charge in [-0.15, -0.1) is 5.10 Å². The number of hydrogen-bond donors (Lipinski definition) is 0. The number of hydrogen-bond acceptors (Lipinski definition) is 3. The molecule has 0 saturated carbocycles. The lowest BCUT2D eigenvalue weighted by Gasteiger charge is -2.38. The average molecular weight is 260 g/mol. The first kappa shape index (κ1) is 11.8. The Morgan fingerprint density at radius 1 is 1.32 bits per heavy atom. The van der Waals surface area contributed by atoms with Gasteiger partial charge in [-0.05, 0) is 17.7 Å². The van der Waals surface area contributed by atoms with E-state index in [0.717, 1.165) is 5.56 Å². The van der Waals surface area contributed by atoms with Gasteiger partial charge in [0.05, 0.1) is 18.7 Å². The third-order valence-corrected chi connectivity index (χ3v) is 3.30. The fourth-order valence-electron chi connectivity index (χ4n) is 2.13. The summed E-state index contributed by atoms with van der Waals surface area (Å²) in [5.41, 5.74) is 0.829. The lowest BCUT2D eigenvalue weighted by atomic mass is 10.1. The second-order valence-corrected chi connectivity index (χ2v) is 4.64. The second-order valence-electron chi connectivity index (χ2n) is 4.64. The van der Waals surface area contributed by atoms with E-state index in [-0.39, 0.29) is 17.8 Å². The number of carbonyl (C=O) groups excluding carboxylic acids is 1. The van der Waals surface area contributed by atoms with Crippen molar-refractivity contribution < 1.29 is 9.18 Å². The molecule has 0 aliphatic carbocycles. The molecule has 0 radical (unpaired) electrons. The van der Waals surface area contributed by atoms with Gasteiger partial charge in [0.2, 0.25) is 5.91 Å². The van der Waals surface area contributed by atoms with Crippen molar-refractivity contribution in [2.24, 2.45) is 0 Å². The monoisotopic (exact) mass is 260 g/mol. The number of likely N-dealkylation sites (tertiary alicyclic amines) is 1. The molecule has 6 heteroatoms. The molecule has 1 saturated heterocycles. The van der Waals surface area contributed by atoms with Gasteiger partial charge < -0.3 is 4.90 Å². The molecule has 2 aromatic rings. The zero-order valence-electron chi connectivity index (χ0n) is 10.2. The SMILES string of the molecule is O=C(Cc1ccc(F)cc1)N1CC(n2ccnn2)C1. The number of carbonyl (C=O) groups is 1. The largest absolute Gasteiger partial charge is 0.338 e. The minimum atomic E-state index is -0.286. The van der Waals surface area contributed by atoms with Crippen LogP contribution in [0.3, 0.4) is 0 Å². The first-order valence-corrected chi connectivity index (χ1v) is 6.10. The molecule has 1 aliphatic heterocycles. The van der Waals surface area contributed by atoms with Gasteiger partial charge in [0.25, 0.3) is 0 Å². The molecule has 5 nitrogen and oxygen atoms in total. The maximum absolute atomic E-state index is 12.8. The minimum absolute atomic E-state index is 0.0583. The predicted molar refractivity (Wildman–Crippen MR) is 65.7 cm³/mol. The van der Waals surface area contributed by atoms with Crippen molar-refractivity contribution in [2.75, 3.05) is 13.1 Å². The molecule has 0 bridgehead atoms.